The highest BCUT2D eigenvalue weighted by Crippen LogP contribution is 2.55. The average molecular weight is 635 g/mol. The monoisotopic (exact) mass is 634 g/mol. The normalized spacial score (nSPS) is 15.1. The first-order valence-electron chi connectivity index (χ1n) is 14.3. The summed E-state index contributed by atoms with van der Waals surface area (Å²) in [4.78, 5) is 8.92. The molecule has 0 bridgehead atoms. The number of methoxy groups -OCH3 is 1. The molecule has 3 aromatic heterocycles. The minimum Gasteiger partial charge on any atom is -0.496 e. The van der Waals surface area contributed by atoms with Gasteiger partial charge >= 0.3 is 6.18 Å². The SMILES string of the molecule is COc1ccnc2cccc([C@H](Nc3cc(Cl)c4ncc(C#N)c(NCC(C)(C)C)c4c3)c3cn(C4(C(F)(F)F)CC4)nn3)c12. The number of alkyl halides is 3. The lowest BCUT2D eigenvalue weighted by Crippen LogP contribution is -2.35. The quantitative estimate of drug-likeness (QED) is 0.179. The third kappa shape index (κ3) is 5.57. The molecule has 0 unspecified atom stereocenters. The summed E-state index contributed by atoms with van der Waals surface area (Å²) < 4.78 is 48.6. The molecule has 0 aliphatic heterocycles. The number of hydrogen-bond acceptors (Lipinski definition) is 8. The van der Waals surface area contributed by atoms with Gasteiger partial charge in [0.15, 0.2) is 5.54 Å². The van der Waals surface area contributed by atoms with Gasteiger partial charge in [0.1, 0.15) is 17.5 Å². The molecule has 1 aliphatic rings. The predicted octanol–water partition coefficient (Wildman–Crippen LogP) is 7.62. The number of fused-ring (bicyclic) bond motifs is 2. The molecule has 3 heterocycles. The molecule has 1 fully saturated rings. The van der Waals surface area contributed by atoms with E-state index in [1.807, 2.05) is 24.3 Å². The van der Waals surface area contributed by atoms with Crippen molar-refractivity contribution in [3.8, 4) is 11.8 Å². The summed E-state index contributed by atoms with van der Waals surface area (Å²) >= 11 is 6.76. The van der Waals surface area contributed by atoms with Crippen molar-refractivity contribution in [1.82, 2.24) is 25.0 Å². The van der Waals surface area contributed by atoms with E-state index in [4.69, 9.17) is 16.3 Å². The Morgan fingerprint density at radius 1 is 1.16 bits per heavy atom. The fourth-order valence-corrected chi connectivity index (χ4v) is 5.71. The summed E-state index contributed by atoms with van der Waals surface area (Å²) in [6, 6.07) is 12.1. The van der Waals surface area contributed by atoms with Crippen LogP contribution >= 0.6 is 11.6 Å². The molecule has 5 aromatic rings. The summed E-state index contributed by atoms with van der Waals surface area (Å²) in [5.74, 6) is 0.539. The summed E-state index contributed by atoms with van der Waals surface area (Å²) in [5, 5.41) is 26.5. The Bertz CT molecular complexity index is 1950. The molecule has 2 aromatic carbocycles. The molecule has 0 amide bonds. The molecule has 1 aliphatic carbocycles. The molecule has 1 atom stereocenters. The van der Waals surface area contributed by atoms with Gasteiger partial charge in [-0.1, -0.05) is 49.7 Å². The van der Waals surface area contributed by atoms with Crippen molar-refractivity contribution in [3.05, 3.63) is 76.8 Å². The number of pyridine rings is 2. The molecule has 232 valence electrons. The molecule has 45 heavy (non-hydrogen) atoms. The molecule has 0 saturated heterocycles. The van der Waals surface area contributed by atoms with Gasteiger partial charge in [0, 0.05) is 35.4 Å². The van der Waals surface area contributed by atoms with E-state index >= 15 is 0 Å². The number of nitrogens with one attached hydrogen (secondary N) is 2. The standard InChI is InChI=1S/C32H30ClF3N8O/c1-30(2,3)17-40-27-18(14-37)15-39-28-21(27)12-19(13-22(28)33)41-29(20-6-5-7-23-26(20)25(45-4)8-11-38-23)24-16-44(43-42-24)31(9-10-31)32(34,35)36/h5-8,11-13,15-16,29,41H,9-10,17H2,1-4H3,(H,39,40)/t29-/m0/s1. The van der Waals surface area contributed by atoms with E-state index in [1.165, 1.54) is 12.4 Å². The number of halogens is 4. The highest BCUT2D eigenvalue weighted by molar-refractivity contribution is 6.35. The number of benzene rings is 2. The van der Waals surface area contributed by atoms with Crippen LogP contribution < -0.4 is 15.4 Å². The third-order valence-corrected chi connectivity index (χ3v) is 8.23. The highest BCUT2D eigenvalue weighted by Gasteiger charge is 2.66. The molecule has 0 radical (unpaired) electrons. The van der Waals surface area contributed by atoms with Crippen LogP contribution in [0.5, 0.6) is 5.75 Å². The lowest BCUT2D eigenvalue weighted by molar-refractivity contribution is -0.182. The van der Waals surface area contributed by atoms with Crippen LogP contribution in [-0.2, 0) is 5.54 Å². The van der Waals surface area contributed by atoms with E-state index in [0.717, 1.165) is 4.68 Å². The highest BCUT2D eigenvalue weighted by atomic mass is 35.5. The Hall–Kier alpha value is -4.63. The number of aromatic nitrogens is 5. The Morgan fingerprint density at radius 3 is 2.60 bits per heavy atom. The second-order valence-corrected chi connectivity index (χ2v) is 12.8. The van der Waals surface area contributed by atoms with Crippen LogP contribution in [0.15, 0.2) is 55.0 Å². The van der Waals surface area contributed by atoms with Crippen LogP contribution in [0.25, 0.3) is 21.8 Å². The largest absolute Gasteiger partial charge is 0.496 e. The first-order chi connectivity index (χ1) is 21.3. The van der Waals surface area contributed by atoms with Crippen LogP contribution in [-0.4, -0.2) is 44.8 Å². The Kier molecular flexibility index (Phi) is 7.48. The zero-order valence-corrected chi connectivity index (χ0v) is 25.8. The Balaban J connectivity index is 1.52. The number of nitriles is 1. The molecule has 2 N–H and O–H groups in total. The first-order valence-corrected chi connectivity index (χ1v) is 14.7. The van der Waals surface area contributed by atoms with Crippen LogP contribution in [0.2, 0.25) is 5.02 Å². The minimum atomic E-state index is -4.47. The molecule has 0 spiro atoms. The van der Waals surface area contributed by atoms with E-state index in [9.17, 15) is 18.4 Å². The molecule has 6 rings (SSSR count). The number of ether oxygens (including phenoxy) is 1. The van der Waals surface area contributed by atoms with Crippen LogP contribution in [0.4, 0.5) is 24.5 Å². The average Bonchev–Trinajstić information content (AvgIpc) is 3.68. The van der Waals surface area contributed by atoms with Crippen LogP contribution in [0.3, 0.4) is 0 Å². The Morgan fingerprint density at radius 2 is 1.93 bits per heavy atom. The van der Waals surface area contributed by atoms with Gasteiger partial charge < -0.3 is 15.4 Å². The summed E-state index contributed by atoms with van der Waals surface area (Å²) in [5.41, 5.74) is 1.36. The summed E-state index contributed by atoms with van der Waals surface area (Å²) in [6.45, 7) is 6.80. The fraction of sp³-hybridized carbons (Fsp3) is 0.344. The molecular weight excluding hydrogens is 605 g/mol. The fourth-order valence-electron chi connectivity index (χ4n) is 5.44. The molecule has 9 nitrogen and oxygen atoms in total. The van der Waals surface area contributed by atoms with E-state index in [2.05, 4.69) is 57.8 Å². The van der Waals surface area contributed by atoms with Crippen molar-refractivity contribution < 1.29 is 17.9 Å². The zero-order chi connectivity index (χ0) is 32.1. The maximum Gasteiger partial charge on any atom is 0.413 e. The lowest BCUT2D eigenvalue weighted by Gasteiger charge is -2.23. The van der Waals surface area contributed by atoms with Gasteiger partial charge in [-0.05, 0) is 48.1 Å². The molecule has 1 saturated carbocycles. The van der Waals surface area contributed by atoms with Gasteiger partial charge in [0.2, 0.25) is 0 Å². The number of anilines is 2. The number of hydrogen-bond donors (Lipinski definition) is 2. The van der Waals surface area contributed by atoms with Crippen molar-refractivity contribution in [3.63, 3.8) is 0 Å². The van der Waals surface area contributed by atoms with Crippen molar-refractivity contribution >= 4 is 44.8 Å². The van der Waals surface area contributed by atoms with Gasteiger partial charge in [-0.3, -0.25) is 9.97 Å². The topological polar surface area (TPSA) is 114 Å². The van der Waals surface area contributed by atoms with Crippen LogP contribution in [0.1, 0.15) is 56.5 Å². The number of rotatable bonds is 8. The predicted molar refractivity (Wildman–Crippen MR) is 166 cm³/mol. The van der Waals surface area contributed by atoms with Gasteiger partial charge in [-0.25, -0.2) is 4.68 Å². The maximum atomic E-state index is 14.0. The van der Waals surface area contributed by atoms with Crippen molar-refractivity contribution in [2.75, 3.05) is 24.3 Å². The smallest absolute Gasteiger partial charge is 0.413 e. The van der Waals surface area contributed by atoms with Gasteiger partial charge in [0.25, 0.3) is 0 Å². The summed E-state index contributed by atoms with van der Waals surface area (Å²) in [6.07, 6.45) is -0.157. The third-order valence-electron chi connectivity index (χ3n) is 7.94. The van der Waals surface area contributed by atoms with Crippen molar-refractivity contribution in [1.29, 1.82) is 5.26 Å². The molecule has 13 heteroatoms. The minimum absolute atomic E-state index is 0.0672. The van der Waals surface area contributed by atoms with Gasteiger partial charge in [-0.15, -0.1) is 5.10 Å². The van der Waals surface area contributed by atoms with Crippen molar-refractivity contribution in [2.24, 2.45) is 5.41 Å². The Labute approximate surface area is 262 Å². The second kappa shape index (κ2) is 11.1. The van der Waals surface area contributed by atoms with Gasteiger partial charge in [0.05, 0.1) is 46.7 Å². The number of nitrogens with zero attached hydrogens (tertiary/aromatic N) is 6. The second-order valence-electron chi connectivity index (χ2n) is 12.4. The maximum absolute atomic E-state index is 14.0. The molecular formula is C32H30ClF3N8O. The van der Waals surface area contributed by atoms with E-state index in [-0.39, 0.29) is 24.0 Å². The lowest BCUT2D eigenvalue weighted by atomic mass is 9.96. The summed E-state index contributed by atoms with van der Waals surface area (Å²) in [7, 11) is 1.54. The van der Waals surface area contributed by atoms with E-state index in [1.54, 1.807) is 25.4 Å². The van der Waals surface area contributed by atoms with Crippen LogP contribution in [0, 0.1) is 16.7 Å². The van der Waals surface area contributed by atoms with Crippen molar-refractivity contribution in [2.45, 2.75) is 51.4 Å². The zero-order valence-electron chi connectivity index (χ0n) is 25.0. The van der Waals surface area contributed by atoms with E-state index < -0.39 is 17.8 Å². The van der Waals surface area contributed by atoms with Gasteiger partial charge in [-0.2, -0.15) is 18.4 Å². The first kappa shape index (κ1) is 30.4. The van der Waals surface area contributed by atoms with E-state index in [0.29, 0.717) is 61.6 Å².